The molecule has 74 valence electrons. The first-order valence-electron chi connectivity index (χ1n) is 5.32. The van der Waals surface area contributed by atoms with Crippen LogP contribution < -0.4 is 5.73 Å². The van der Waals surface area contributed by atoms with Crippen molar-refractivity contribution >= 4 is 0 Å². The third-order valence-corrected chi connectivity index (χ3v) is 3.88. The van der Waals surface area contributed by atoms with Crippen molar-refractivity contribution in [1.29, 1.82) is 0 Å². The molecular formula is C11H19NO. The van der Waals surface area contributed by atoms with Gasteiger partial charge in [-0.3, -0.25) is 0 Å². The van der Waals surface area contributed by atoms with E-state index in [1.54, 1.807) is 0 Å². The molecule has 4 atom stereocenters. The van der Waals surface area contributed by atoms with Gasteiger partial charge in [0.25, 0.3) is 0 Å². The van der Waals surface area contributed by atoms with Crippen molar-refractivity contribution in [3.05, 3.63) is 12.3 Å². The van der Waals surface area contributed by atoms with Gasteiger partial charge in [-0.15, -0.1) is 0 Å². The molecule has 13 heavy (non-hydrogen) atoms. The lowest BCUT2D eigenvalue weighted by Gasteiger charge is -2.43. The SMILES string of the molecule is C=C(O)C1C[C@H]2CCC[C@@H](C1)C2N. The van der Waals surface area contributed by atoms with Gasteiger partial charge in [-0.1, -0.05) is 13.0 Å². The van der Waals surface area contributed by atoms with Gasteiger partial charge in [0, 0.05) is 12.0 Å². The maximum Gasteiger partial charge on any atom is 0.0882 e. The monoisotopic (exact) mass is 181 g/mol. The molecule has 2 nitrogen and oxygen atoms in total. The van der Waals surface area contributed by atoms with Crippen molar-refractivity contribution in [3.63, 3.8) is 0 Å². The second kappa shape index (κ2) is 3.33. The molecule has 0 aromatic carbocycles. The summed E-state index contributed by atoms with van der Waals surface area (Å²) in [5, 5.41) is 9.38. The average Bonchev–Trinajstić information content (AvgIpc) is 2.02. The van der Waals surface area contributed by atoms with Crippen LogP contribution in [0.25, 0.3) is 0 Å². The predicted octanol–water partition coefficient (Wildman–Crippen LogP) is 2.21. The lowest BCUT2D eigenvalue weighted by molar-refractivity contribution is 0.102. The Bertz CT molecular complexity index is 200. The van der Waals surface area contributed by atoms with E-state index < -0.39 is 0 Å². The van der Waals surface area contributed by atoms with Crippen molar-refractivity contribution in [2.45, 2.75) is 38.1 Å². The van der Waals surface area contributed by atoms with Crippen molar-refractivity contribution in [2.24, 2.45) is 23.5 Å². The van der Waals surface area contributed by atoms with Gasteiger partial charge in [0.2, 0.25) is 0 Å². The molecule has 2 aliphatic rings. The van der Waals surface area contributed by atoms with E-state index in [4.69, 9.17) is 5.73 Å². The molecule has 3 N–H and O–H groups in total. The minimum absolute atomic E-state index is 0.329. The molecular weight excluding hydrogens is 162 g/mol. The third-order valence-electron chi connectivity index (χ3n) is 3.88. The van der Waals surface area contributed by atoms with Gasteiger partial charge in [0.05, 0.1) is 5.76 Å². The molecule has 0 saturated heterocycles. The third kappa shape index (κ3) is 1.60. The van der Waals surface area contributed by atoms with Crippen LogP contribution in [0.5, 0.6) is 0 Å². The summed E-state index contributed by atoms with van der Waals surface area (Å²) in [5.41, 5.74) is 6.14. The lowest BCUT2D eigenvalue weighted by Crippen LogP contribution is -2.46. The minimum atomic E-state index is 0.329. The highest BCUT2D eigenvalue weighted by molar-refractivity contribution is 5.00. The van der Waals surface area contributed by atoms with Gasteiger partial charge >= 0.3 is 0 Å². The summed E-state index contributed by atoms with van der Waals surface area (Å²) in [6.45, 7) is 3.65. The summed E-state index contributed by atoms with van der Waals surface area (Å²) in [7, 11) is 0. The lowest BCUT2D eigenvalue weighted by atomic mass is 9.65. The van der Waals surface area contributed by atoms with E-state index in [0.717, 1.165) is 12.8 Å². The van der Waals surface area contributed by atoms with E-state index in [0.29, 0.717) is 29.6 Å². The molecule has 2 rings (SSSR count). The topological polar surface area (TPSA) is 46.2 Å². The molecule has 0 aromatic heterocycles. The molecule has 0 amide bonds. The highest BCUT2D eigenvalue weighted by atomic mass is 16.3. The molecule has 0 aromatic rings. The van der Waals surface area contributed by atoms with Crippen LogP contribution in [0, 0.1) is 17.8 Å². The van der Waals surface area contributed by atoms with E-state index in [1.807, 2.05) is 0 Å². The first kappa shape index (κ1) is 9.07. The molecule has 0 aliphatic heterocycles. The molecule has 2 saturated carbocycles. The van der Waals surface area contributed by atoms with Crippen molar-refractivity contribution in [3.8, 4) is 0 Å². The van der Waals surface area contributed by atoms with Gasteiger partial charge < -0.3 is 10.8 Å². The van der Waals surface area contributed by atoms with Crippen LogP contribution in [0.3, 0.4) is 0 Å². The number of hydrogen-bond acceptors (Lipinski definition) is 2. The van der Waals surface area contributed by atoms with Crippen LogP contribution in [-0.2, 0) is 0 Å². The Kier molecular flexibility index (Phi) is 2.33. The van der Waals surface area contributed by atoms with Crippen LogP contribution in [0.2, 0.25) is 0 Å². The van der Waals surface area contributed by atoms with Gasteiger partial charge in [-0.2, -0.15) is 0 Å². The van der Waals surface area contributed by atoms with Crippen LogP contribution in [0.4, 0.5) is 0 Å². The molecule has 2 aliphatic carbocycles. The highest BCUT2D eigenvalue weighted by Gasteiger charge is 2.38. The summed E-state index contributed by atoms with van der Waals surface area (Å²) in [6.07, 6.45) is 5.95. The zero-order valence-corrected chi connectivity index (χ0v) is 8.08. The number of rotatable bonds is 1. The first-order valence-corrected chi connectivity index (χ1v) is 5.32. The van der Waals surface area contributed by atoms with Gasteiger partial charge in [-0.25, -0.2) is 0 Å². The Hall–Kier alpha value is -0.500. The first-order chi connectivity index (χ1) is 6.18. The zero-order chi connectivity index (χ0) is 9.42. The zero-order valence-electron chi connectivity index (χ0n) is 8.08. The Balaban J connectivity index is 2.07. The van der Waals surface area contributed by atoms with E-state index in [-0.39, 0.29) is 0 Å². The van der Waals surface area contributed by atoms with E-state index >= 15 is 0 Å². The Morgan fingerprint density at radius 2 is 1.77 bits per heavy atom. The predicted molar refractivity (Wildman–Crippen MR) is 53.3 cm³/mol. The summed E-state index contributed by atoms with van der Waals surface area (Å²) >= 11 is 0. The summed E-state index contributed by atoms with van der Waals surface area (Å²) < 4.78 is 0. The normalized spacial score (nSPS) is 44.4. The summed E-state index contributed by atoms with van der Waals surface area (Å²) in [4.78, 5) is 0. The smallest absolute Gasteiger partial charge is 0.0882 e. The quantitative estimate of drug-likeness (QED) is 0.609. The summed E-state index contributed by atoms with van der Waals surface area (Å²) in [6, 6.07) is 0.393. The number of nitrogens with two attached hydrogens (primary N) is 1. The van der Waals surface area contributed by atoms with E-state index in [1.165, 1.54) is 19.3 Å². The fourth-order valence-corrected chi connectivity index (χ4v) is 3.06. The Morgan fingerprint density at radius 3 is 2.23 bits per heavy atom. The maximum atomic E-state index is 9.38. The van der Waals surface area contributed by atoms with Crippen LogP contribution in [-0.4, -0.2) is 11.1 Å². The van der Waals surface area contributed by atoms with Crippen molar-refractivity contribution < 1.29 is 5.11 Å². The number of aliphatic hydroxyl groups is 1. The van der Waals surface area contributed by atoms with Gasteiger partial charge in [0.15, 0.2) is 0 Å². The molecule has 2 fully saturated rings. The van der Waals surface area contributed by atoms with Crippen LogP contribution >= 0.6 is 0 Å². The van der Waals surface area contributed by atoms with Crippen molar-refractivity contribution in [1.82, 2.24) is 0 Å². The standard InChI is InChI=1S/C11H19NO/c1-7(13)10-5-8-3-2-4-9(6-10)11(8)12/h8-11,13H,1-6,12H2/t8-,9+,10?,11?. The van der Waals surface area contributed by atoms with Crippen LogP contribution in [0.1, 0.15) is 32.1 Å². The largest absolute Gasteiger partial charge is 0.513 e. The van der Waals surface area contributed by atoms with Gasteiger partial charge in [0.1, 0.15) is 0 Å². The summed E-state index contributed by atoms with van der Waals surface area (Å²) in [5.74, 6) is 1.99. The Morgan fingerprint density at radius 1 is 1.23 bits per heavy atom. The minimum Gasteiger partial charge on any atom is -0.513 e. The fraction of sp³-hybridized carbons (Fsp3) is 0.818. The average molecular weight is 181 g/mol. The number of allylic oxidation sites excluding steroid dienone is 1. The highest BCUT2D eigenvalue weighted by Crippen LogP contribution is 2.43. The number of aliphatic hydroxyl groups excluding tert-OH is 1. The van der Waals surface area contributed by atoms with Gasteiger partial charge in [-0.05, 0) is 37.5 Å². The fourth-order valence-electron chi connectivity index (χ4n) is 3.06. The number of fused-ring (bicyclic) bond motifs is 2. The molecule has 0 heterocycles. The molecule has 0 radical (unpaired) electrons. The molecule has 2 unspecified atom stereocenters. The van der Waals surface area contributed by atoms with E-state index in [2.05, 4.69) is 6.58 Å². The van der Waals surface area contributed by atoms with E-state index in [9.17, 15) is 5.11 Å². The second-order valence-electron chi connectivity index (χ2n) is 4.69. The molecule has 0 spiro atoms. The van der Waals surface area contributed by atoms with Crippen molar-refractivity contribution in [2.75, 3.05) is 0 Å². The molecule has 2 bridgehead atoms. The Labute approximate surface area is 79.8 Å². The maximum absolute atomic E-state index is 9.38. The van der Waals surface area contributed by atoms with Crippen LogP contribution in [0.15, 0.2) is 12.3 Å². The molecule has 2 heteroatoms. The number of hydrogen-bond donors (Lipinski definition) is 2. The second-order valence-corrected chi connectivity index (χ2v) is 4.69.